The van der Waals surface area contributed by atoms with Gasteiger partial charge in [0.15, 0.2) is 0 Å². The minimum Gasteiger partial charge on any atom is -0.497 e. The Bertz CT molecular complexity index is 882. The monoisotopic (exact) mass is 385 g/mol. The van der Waals surface area contributed by atoms with E-state index in [1.807, 2.05) is 30.3 Å². The fraction of sp³-hybridized carbons (Fsp3) is 0.211. The van der Waals surface area contributed by atoms with Crippen LogP contribution in [0.2, 0.25) is 0 Å². The first-order valence-corrected chi connectivity index (χ1v) is 9.16. The molecule has 2 heterocycles. The molecule has 0 unspecified atom stereocenters. The predicted molar refractivity (Wildman–Crippen MR) is 102 cm³/mol. The number of furan rings is 1. The number of aromatic nitrogens is 2. The molecular formula is C19H19N3O4S. The van der Waals surface area contributed by atoms with Gasteiger partial charge in [0, 0.05) is 11.6 Å². The molecule has 0 atom stereocenters. The van der Waals surface area contributed by atoms with E-state index < -0.39 is 0 Å². The molecule has 2 aromatic heterocycles. The maximum absolute atomic E-state index is 11.9. The molecule has 1 aromatic carbocycles. The molecule has 3 rings (SSSR count). The van der Waals surface area contributed by atoms with Crippen molar-refractivity contribution in [3.05, 3.63) is 54.5 Å². The zero-order valence-electron chi connectivity index (χ0n) is 15.0. The topological polar surface area (TPSA) is 86.5 Å². The van der Waals surface area contributed by atoms with Gasteiger partial charge in [0.1, 0.15) is 22.3 Å². The summed E-state index contributed by atoms with van der Waals surface area (Å²) >= 11 is 1.32. The molecule has 1 N–H and O–H groups in total. The fourth-order valence-electron chi connectivity index (χ4n) is 2.34. The van der Waals surface area contributed by atoms with Crippen LogP contribution < -0.4 is 14.8 Å². The molecule has 0 saturated carbocycles. The molecule has 140 valence electrons. The average Bonchev–Trinajstić information content (AvgIpc) is 3.24. The summed E-state index contributed by atoms with van der Waals surface area (Å²) in [4.78, 5) is 11.9. The number of carbonyl (C=O) groups excluding carboxylic acids is 1. The summed E-state index contributed by atoms with van der Waals surface area (Å²) in [6, 6.07) is 12.8. The zero-order chi connectivity index (χ0) is 19.1. The van der Waals surface area contributed by atoms with Crippen molar-refractivity contribution < 1.29 is 18.7 Å². The third-order valence-electron chi connectivity index (χ3n) is 3.72. The number of nitrogens with zero attached hydrogens (tertiary/aromatic N) is 2. The maximum Gasteiger partial charge on any atom is 0.230 e. The number of carbonyl (C=O) groups is 1. The zero-order valence-corrected chi connectivity index (χ0v) is 15.8. The fourth-order valence-corrected chi connectivity index (χ4v) is 2.98. The number of amides is 1. The van der Waals surface area contributed by atoms with Gasteiger partial charge >= 0.3 is 0 Å². The molecule has 0 saturated heterocycles. The molecule has 27 heavy (non-hydrogen) atoms. The molecule has 0 bridgehead atoms. The van der Waals surface area contributed by atoms with Gasteiger partial charge in [-0.05, 0) is 36.4 Å². The van der Waals surface area contributed by atoms with Crippen LogP contribution >= 0.6 is 11.8 Å². The Hall–Kier alpha value is -3.00. The van der Waals surface area contributed by atoms with Crippen molar-refractivity contribution in [2.45, 2.75) is 11.6 Å². The Morgan fingerprint density at radius 2 is 2.04 bits per heavy atom. The van der Waals surface area contributed by atoms with Crippen LogP contribution in [0.5, 0.6) is 11.5 Å². The molecule has 0 radical (unpaired) electrons. The van der Waals surface area contributed by atoms with Gasteiger partial charge in [0.05, 0.1) is 38.5 Å². The second kappa shape index (κ2) is 9.09. The van der Waals surface area contributed by atoms with Gasteiger partial charge in [-0.2, -0.15) is 0 Å². The van der Waals surface area contributed by atoms with Crippen LogP contribution in [0.3, 0.4) is 0 Å². The number of rotatable bonds is 8. The normalized spacial score (nSPS) is 10.4. The minimum atomic E-state index is -0.0981. The number of hydrogen-bond acceptors (Lipinski definition) is 7. The SMILES string of the molecule is COc1ccc(-c2ccc(SCC(=O)NCc3ccco3)nn2)c(OC)c1. The summed E-state index contributed by atoms with van der Waals surface area (Å²) in [6.07, 6.45) is 1.57. The van der Waals surface area contributed by atoms with Crippen LogP contribution in [0.15, 0.2) is 58.2 Å². The van der Waals surface area contributed by atoms with Crippen LogP contribution in [-0.2, 0) is 11.3 Å². The molecule has 8 heteroatoms. The van der Waals surface area contributed by atoms with E-state index in [2.05, 4.69) is 15.5 Å². The highest BCUT2D eigenvalue weighted by atomic mass is 32.2. The van der Waals surface area contributed by atoms with Crippen molar-refractivity contribution in [2.75, 3.05) is 20.0 Å². The summed E-state index contributed by atoms with van der Waals surface area (Å²) in [5, 5.41) is 11.9. The lowest BCUT2D eigenvalue weighted by Crippen LogP contribution is -2.24. The van der Waals surface area contributed by atoms with E-state index in [9.17, 15) is 4.79 Å². The number of methoxy groups -OCH3 is 2. The molecule has 0 fully saturated rings. The van der Waals surface area contributed by atoms with E-state index in [4.69, 9.17) is 13.9 Å². The average molecular weight is 385 g/mol. The third-order valence-corrected chi connectivity index (χ3v) is 4.64. The minimum absolute atomic E-state index is 0.0981. The Kier molecular flexibility index (Phi) is 6.32. The molecular weight excluding hydrogens is 366 g/mol. The lowest BCUT2D eigenvalue weighted by Gasteiger charge is -2.09. The summed E-state index contributed by atoms with van der Waals surface area (Å²) in [5.41, 5.74) is 1.50. The highest BCUT2D eigenvalue weighted by Crippen LogP contribution is 2.32. The first kappa shape index (κ1) is 18.8. The molecule has 7 nitrogen and oxygen atoms in total. The Morgan fingerprint density at radius 1 is 1.15 bits per heavy atom. The van der Waals surface area contributed by atoms with E-state index in [1.54, 1.807) is 32.6 Å². The van der Waals surface area contributed by atoms with Crippen molar-refractivity contribution in [1.82, 2.24) is 15.5 Å². The van der Waals surface area contributed by atoms with Crippen molar-refractivity contribution in [3.63, 3.8) is 0 Å². The van der Waals surface area contributed by atoms with E-state index >= 15 is 0 Å². The first-order valence-electron chi connectivity index (χ1n) is 8.17. The Morgan fingerprint density at radius 3 is 2.70 bits per heavy atom. The van der Waals surface area contributed by atoms with Gasteiger partial charge < -0.3 is 19.2 Å². The summed E-state index contributed by atoms with van der Waals surface area (Å²) in [5.74, 6) is 2.23. The lowest BCUT2D eigenvalue weighted by molar-refractivity contribution is -0.118. The highest BCUT2D eigenvalue weighted by Gasteiger charge is 2.10. The van der Waals surface area contributed by atoms with E-state index in [0.29, 0.717) is 34.5 Å². The molecule has 0 aliphatic rings. The van der Waals surface area contributed by atoms with Crippen LogP contribution in [0.1, 0.15) is 5.76 Å². The summed E-state index contributed by atoms with van der Waals surface area (Å²) in [7, 11) is 3.20. The van der Waals surface area contributed by atoms with Crippen LogP contribution in [-0.4, -0.2) is 36.1 Å². The summed E-state index contributed by atoms with van der Waals surface area (Å²) in [6.45, 7) is 0.369. The van der Waals surface area contributed by atoms with Crippen molar-refractivity contribution in [2.24, 2.45) is 0 Å². The quantitative estimate of drug-likeness (QED) is 0.596. The second-order valence-electron chi connectivity index (χ2n) is 5.47. The number of ether oxygens (including phenoxy) is 2. The van der Waals surface area contributed by atoms with Gasteiger partial charge in [-0.15, -0.1) is 10.2 Å². The van der Waals surface area contributed by atoms with Gasteiger partial charge in [-0.25, -0.2) is 0 Å². The molecule has 3 aromatic rings. The van der Waals surface area contributed by atoms with Crippen LogP contribution in [0.4, 0.5) is 0 Å². The Labute approximate surface area is 161 Å². The van der Waals surface area contributed by atoms with Gasteiger partial charge in [0.2, 0.25) is 5.91 Å². The molecule has 1 amide bonds. The Balaban J connectivity index is 1.58. The largest absolute Gasteiger partial charge is 0.497 e. The third kappa shape index (κ3) is 5.01. The number of hydrogen-bond donors (Lipinski definition) is 1. The van der Waals surface area contributed by atoms with Gasteiger partial charge in [0.25, 0.3) is 0 Å². The smallest absolute Gasteiger partial charge is 0.230 e. The van der Waals surface area contributed by atoms with Crippen molar-refractivity contribution in [1.29, 1.82) is 0 Å². The van der Waals surface area contributed by atoms with Gasteiger partial charge in [-0.1, -0.05) is 11.8 Å². The van der Waals surface area contributed by atoms with Crippen molar-refractivity contribution >= 4 is 17.7 Å². The maximum atomic E-state index is 11.9. The second-order valence-corrected chi connectivity index (χ2v) is 6.46. The van der Waals surface area contributed by atoms with Gasteiger partial charge in [-0.3, -0.25) is 4.79 Å². The van der Waals surface area contributed by atoms with Crippen molar-refractivity contribution in [3.8, 4) is 22.8 Å². The van der Waals surface area contributed by atoms with E-state index in [1.165, 1.54) is 11.8 Å². The van der Waals surface area contributed by atoms with E-state index in [-0.39, 0.29) is 11.7 Å². The standard InChI is InChI=1S/C19H19N3O4S/c1-24-13-5-6-15(17(10-13)25-2)16-7-8-19(22-21-16)27-12-18(23)20-11-14-4-3-9-26-14/h3-10H,11-12H2,1-2H3,(H,20,23). The number of nitrogens with one attached hydrogen (secondary N) is 1. The van der Waals surface area contributed by atoms with E-state index in [0.717, 1.165) is 5.56 Å². The van der Waals surface area contributed by atoms with Crippen LogP contribution in [0.25, 0.3) is 11.3 Å². The number of thioether (sulfide) groups is 1. The molecule has 0 aliphatic carbocycles. The molecule has 0 spiro atoms. The summed E-state index contributed by atoms with van der Waals surface area (Å²) < 4.78 is 15.8. The molecule has 0 aliphatic heterocycles. The lowest BCUT2D eigenvalue weighted by atomic mass is 10.1. The number of benzene rings is 1. The highest BCUT2D eigenvalue weighted by molar-refractivity contribution is 7.99. The first-order chi connectivity index (χ1) is 13.2. The van der Waals surface area contributed by atoms with Crippen LogP contribution in [0, 0.1) is 0 Å². The predicted octanol–water partition coefficient (Wildman–Crippen LogP) is 3.16.